The molecule has 0 bridgehead atoms. The average Bonchev–Trinajstić information content (AvgIpc) is 2.95. The second-order valence-electron chi connectivity index (χ2n) is 5.71. The molecule has 0 spiro atoms. The van der Waals surface area contributed by atoms with E-state index in [0.717, 1.165) is 0 Å². The molecule has 0 saturated carbocycles. The fourth-order valence-corrected chi connectivity index (χ4v) is 2.23. The fraction of sp³-hybridized carbons (Fsp3) is 0.467. The van der Waals surface area contributed by atoms with E-state index >= 15 is 0 Å². The summed E-state index contributed by atoms with van der Waals surface area (Å²) in [5.74, 6) is -0.371. The van der Waals surface area contributed by atoms with Crippen molar-refractivity contribution < 1.29 is 19.1 Å². The molecular formula is C15H21N5O5. The predicted octanol–water partition coefficient (Wildman–Crippen LogP) is -0.405. The van der Waals surface area contributed by atoms with Crippen LogP contribution in [0.3, 0.4) is 0 Å². The minimum absolute atomic E-state index is 0.0356. The summed E-state index contributed by atoms with van der Waals surface area (Å²) in [7, 11) is 0. The summed E-state index contributed by atoms with van der Waals surface area (Å²) in [5.41, 5.74) is 6.06. The number of anilines is 1. The highest BCUT2D eigenvalue weighted by molar-refractivity contribution is 5.78. The molecule has 0 saturated heterocycles. The number of pyridine rings is 1. The molecule has 0 aliphatic heterocycles. The van der Waals surface area contributed by atoms with Crippen LogP contribution < -0.4 is 16.5 Å². The van der Waals surface area contributed by atoms with Crippen LogP contribution in [0.25, 0.3) is 11.2 Å². The number of esters is 1. The number of carbonyl (C=O) groups excluding carboxylic acids is 2. The van der Waals surface area contributed by atoms with Gasteiger partial charge in [0.15, 0.2) is 5.52 Å². The zero-order valence-corrected chi connectivity index (χ0v) is 14.0. The molecule has 1 atom stereocenters. The van der Waals surface area contributed by atoms with Gasteiger partial charge in [-0.1, -0.05) is 13.8 Å². The lowest BCUT2D eigenvalue weighted by Crippen LogP contribution is -2.41. The molecule has 0 fully saturated rings. The molecule has 25 heavy (non-hydrogen) atoms. The number of nitrogens with two attached hydrogens (primary N) is 1. The third-order valence-corrected chi connectivity index (χ3v) is 3.49. The molecule has 136 valence electrons. The molecule has 0 aliphatic rings. The highest BCUT2D eigenvalue weighted by Crippen LogP contribution is 2.08. The standard InChI is InChI=1S/C15H21N5O5/c1-9(2)12(18-7-21)15(23)25-4-3-24-8-20-6-17-13-10(22)5-11(16)19-14(13)20/h5-7,9,12H,3-4,8H2,1-2H3,(H,18,21)(H3,16,19,22)/t12-/m1/s1. The average molecular weight is 351 g/mol. The quantitative estimate of drug-likeness (QED) is 0.317. The normalized spacial score (nSPS) is 12.3. The lowest BCUT2D eigenvalue weighted by Gasteiger charge is -2.18. The first kappa shape index (κ1) is 18.5. The van der Waals surface area contributed by atoms with Crippen LogP contribution in [0.2, 0.25) is 0 Å². The second-order valence-corrected chi connectivity index (χ2v) is 5.71. The smallest absolute Gasteiger partial charge is 0.328 e. The Morgan fingerprint density at radius 3 is 2.92 bits per heavy atom. The Bertz CT molecular complexity index is 797. The van der Waals surface area contributed by atoms with Crippen LogP contribution in [0.5, 0.6) is 0 Å². The number of H-pyrrole nitrogens is 1. The van der Waals surface area contributed by atoms with Gasteiger partial charge >= 0.3 is 5.97 Å². The van der Waals surface area contributed by atoms with Crippen LogP contribution >= 0.6 is 0 Å². The maximum atomic E-state index is 11.8. The summed E-state index contributed by atoms with van der Waals surface area (Å²) in [6.45, 7) is 3.89. The van der Waals surface area contributed by atoms with Gasteiger partial charge in [0.25, 0.3) is 0 Å². The number of rotatable bonds is 9. The number of nitrogens with zero attached hydrogens (tertiary/aromatic N) is 2. The van der Waals surface area contributed by atoms with E-state index in [2.05, 4.69) is 15.3 Å². The lowest BCUT2D eigenvalue weighted by molar-refractivity contribution is -0.150. The highest BCUT2D eigenvalue weighted by Gasteiger charge is 2.22. The molecule has 2 rings (SSSR count). The van der Waals surface area contributed by atoms with Crippen molar-refractivity contribution in [3.8, 4) is 0 Å². The fourth-order valence-electron chi connectivity index (χ4n) is 2.23. The number of nitrogens with one attached hydrogen (secondary N) is 2. The van der Waals surface area contributed by atoms with E-state index in [0.29, 0.717) is 12.1 Å². The Labute approximate surface area is 143 Å². The monoisotopic (exact) mass is 351 g/mol. The summed E-state index contributed by atoms with van der Waals surface area (Å²) in [6.07, 6.45) is 1.93. The molecule has 1 amide bonds. The second kappa shape index (κ2) is 8.29. The van der Waals surface area contributed by atoms with E-state index in [4.69, 9.17) is 15.2 Å². The minimum Gasteiger partial charge on any atom is -0.462 e. The van der Waals surface area contributed by atoms with Crippen LogP contribution in [0.4, 0.5) is 5.82 Å². The summed E-state index contributed by atoms with van der Waals surface area (Å²) in [6, 6.07) is 0.571. The molecule has 0 unspecified atom stereocenters. The van der Waals surface area contributed by atoms with Gasteiger partial charge in [-0.05, 0) is 5.92 Å². The molecule has 2 aromatic rings. The van der Waals surface area contributed by atoms with E-state index in [1.807, 2.05) is 0 Å². The summed E-state index contributed by atoms with van der Waals surface area (Å²) >= 11 is 0. The van der Waals surface area contributed by atoms with Gasteiger partial charge in [-0.2, -0.15) is 0 Å². The van der Waals surface area contributed by atoms with Crippen molar-refractivity contribution in [2.24, 2.45) is 5.92 Å². The largest absolute Gasteiger partial charge is 0.462 e. The molecule has 0 radical (unpaired) electrons. The van der Waals surface area contributed by atoms with E-state index in [1.165, 1.54) is 12.4 Å². The van der Waals surface area contributed by atoms with E-state index in [1.54, 1.807) is 18.4 Å². The Morgan fingerprint density at radius 1 is 1.48 bits per heavy atom. The number of imidazole rings is 1. The third-order valence-electron chi connectivity index (χ3n) is 3.49. The molecule has 10 heteroatoms. The summed E-state index contributed by atoms with van der Waals surface area (Å²) in [4.78, 5) is 40.9. The van der Waals surface area contributed by atoms with Gasteiger partial charge < -0.3 is 25.5 Å². The van der Waals surface area contributed by atoms with Crippen molar-refractivity contribution >= 4 is 29.4 Å². The maximum absolute atomic E-state index is 11.8. The van der Waals surface area contributed by atoms with Crippen LogP contribution in [-0.2, 0) is 25.8 Å². The van der Waals surface area contributed by atoms with Gasteiger partial charge in [0.2, 0.25) is 11.8 Å². The zero-order valence-electron chi connectivity index (χ0n) is 14.0. The minimum atomic E-state index is -0.692. The van der Waals surface area contributed by atoms with Crippen LogP contribution in [0.15, 0.2) is 17.2 Å². The van der Waals surface area contributed by atoms with Gasteiger partial charge in [0.05, 0.1) is 12.9 Å². The van der Waals surface area contributed by atoms with Crippen molar-refractivity contribution in [1.82, 2.24) is 19.9 Å². The first-order valence-corrected chi connectivity index (χ1v) is 7.71. The highest BCUT2D eigenvalue weighted by atomic mass is 16.6. The number of ether oxygens (including phenoxy) is 2. The van der Waals surface area contributed by atoms with Gasteiger partial charge in [0, 0.05) is 6.07 Å². The molecule has 2 aromatic heterocycles. The van der Waals surface area contributed by atoms with Crippen molar-refractivity contribution in [3.63, 3.8) is 0 Å². The van der Waals surface area contributed by atoms with Crippen molar-refractivity contribution in [1.29, 1.82) is 0 Å². The summed E-state index contributed by atoms with van der Waals surface area (Å²) < 4.78 is 12.1. The molecule has 4 N–H and O–H groups in total. The number of aromatic nitrogens is 3. The van der Waals surface area contributed by atoms with Crippen LogP contribution in [0.1, 0.15) is 13.8 Å². The number of carbonyl (C=O) groups is 2. The summed E-state index contributed by atoms with van der Waals surface area (Å²) in [5, 5.41) is 2.42. The SMILES string of the molecule is CC(C)[C@@H](NC=O)C(=O)OCCOCn1cnc2c(=O)cc(N)[nH]c21. The first-order chi connectivity index (χ1) is 11.9. The molecule has 2 heterocycles. The number of nitrogen functional groups attached to an aromatic ring is 1. The Morgan fingerprint density at radius 2 is 2.24 bits per heavy atom. The molecule has 0 aromatic carbocycles. The topological polar surface area (TPSA) is 141 Å². The van der Waals surface area contributed by atoms with Gasteiger partial charge in [0.1, 0.15) is 30.8 Å². The number of amides is 1. The Kier molecular flexibility index (Phi) is 6.12. The van der Waals surface area contributed by atoms with Crippen molar-refractivity contribution in [3.05, 3.63) is 22.6 Å². The number of aromatic amines is 1. The number of fused-ring (bicyclic) bond motifs is 1. The zero-order chi connectivity index (χ0) is 18.4. The van der Waals surface area contributed by atoms with Crippen LogP contribution in [-0.4, -0.2) is 46.2 Å². The Hall–Kier alpha value is -2.88. The van der Waals surface area contributed by atoms with Gasteiger partial charge in [-0.15, -0.1) is 0 Å². The number of hydrogen-bond acceptors (Lipinski definition) is 7. The van der Waals surface area contributed by atoms with E-state index in [-0.39, 0.29) is 42.6 Å². The molecule has 0 aliphatic carbocycles. The van der Waals surface area contributed by atoms with Crippen LogP contribution in [0, 0.1) is 5.92 Å². The lowest BCUT2D eigenvalue weighted by atomic mass is 10.1. The van der Waals surface area contributed by atoms with Gasteiger partial charge in [-0.3, -0.25) is 14.2 Å². The molecule has 10 nitrogen and oxygen atoms in total. The number of hydrogen-bond donors (Lipinski definition) is 3. The van der Waals surface area contributed by atoms with Gasteiger partial charge in [-0.25, -0.2) is 9.78 Å². The van der Waals surface area contributed by atoms with E-state index < -0.39 is 12.0 Å². The Balaban J connectivity index is 1.83. The third kappa shape index (κ3) is 4.57. The van der Waals surface area contributed by atoms with Crippen molar-refractivity contribution in [2.75, 3.05) is 18.9 Å². The maximum Gasteiger partial charge on any atom is 0.328 e. The predicted molar refractivity (Wildman–Crippen MR) is 89.5 cm³/mol. The molecular weight excluding hydrogens is 330 g/mol. The van der Waals surface area contributed by atoms with Crippen molar-refractivity contribution in [2.45, 2.75) is 26.6 Å². The van der Waals surface area contributed by atoms with E-state index in [9.17, 15) is 14.4 Å². The first-order valence-electron chi connectivity index (χ1n) is 7.71.